The minimum Gasteiger partial charge on any atom is -0.369 e. The van der Waals surface area contributed by atoms with Crippen molar-refractivity contribution in [3.63, 3.8) is 0 Å². The summed E-state index contributed by atoms with van der Waals surface area (Å²) < 4.78 is 0.709. The maximum atomic E-state index is 11.9. The molecule has 0 radical (unpaired) electrons. The van der Waals surface area contributed by atoms with Gasteiger partial charge in [0.2, 0.25) is 0 Å². The van der Waals surface area contributed by atoms with Gasteiger partial charge in [-0.3, -0.25) is 4.79 Å². The summed E-state index contributed by atoms with van der Waals surface area (Å²) in [5, 5.41) is 13.7. The van der Waals surface area contributed by atoms with Crippen LogP contribution in [0, 0.1) is 0 Å². The van der Waals surface area contributed by atoms with Crippen molar-refractivity contribution < 1.29 is 4.79 Å². The molecule has 2 heterocycles. The molecule has 20 heavy (non-hydrogen) atoms. The summed E-state index contributed by atoms with van der Waals surface area (Å²) in [6.45, 7) is 3.34. The topological polar surface area (TPSA) is 66.9 Å². The summed E-state index contributed by atoms with van der Waals surface area (Å²) in [4.78, 5) is 12.9. The van der Waals surface area contributed by atoms with Crippen molar-refractivity contribution >= 4 is 34.7 Å². The van der Waals surface area contributed by atoms with Crippen LogP contribution >= 0.6 is 22.9 Å². The number of anilines is 1. The van der Waals surface area contributed by atoms with Crippen molar-refractivity contribution in [3.05, 3.63) is 39.2 Å². The van der Waals surface area contributed by atoms with Crippen LogP contribution in [0.4, 0.5) is 5.82 Å². The largest absolute Gasteiger partial charge is 0.369 e. The van der Waals surface area contributed by atoms with E-state index < -0.39 is 0 Å². The lowest BCUT2D eigenvalue weighted by Gasteiger charge is -2.04. The molecule has 0 aromatic carbocycles. The van der Waals surface area contributed by atoms with Crippen LogP contribution in [0.15, 0.2) is 24.3 Å². The van der Waals surface area contributed by atoms with Crippen molar-refractivity contribution in [2.75, 3.05) is 11.9 Å². The normalized spacial score (nSPS) is 10.3. The summed E-state index contributed by atoms with van der Waals surface area (Å²) >= 11 is 7.27. The zero-order chi connectivity index (χ0) is 14.4. The number of thiophene rings is 1. The smallest absolute Gasteiger partial charge is 0.272 e. The Labute approximate surface area is 126 Å². The van der Waals surface area contributed by atoms with E-state index in [-0.39, 0.29) is 5.91 Å². The third-order valence-electron chi connectivity index (χ3n) is 2.51. The maximum absolute atomic E-state index is 11.9. The number of carbonyl (C=O) groups excluding carboxylic acids is 1. The van der Waals surface area contributed by atoms with Crippen LogP contribution < -0.4 is 10.6 Å². The zero-order valence-electron chi connectivity index (χ0n) is 11.0. The first kappa shape index (κ1) is 14.7. The highest BCUT2D eigenvalue weighted by Gasteiger charge is 2.08. The fourth-order valence-corrected chi connectivity index (χ4v) is 2.53. The van der Waals surface area contributed by atoms with Crippen molar-refractivity contribution in [2.24, 2.45) is 0 Å². The number of aromatic nitrogens is 2. The van der Waals surface area contributed by atoms with E-state index in [2.05, 4.69) is 27.8 Å². The Balaban J connectivity index is 1.88. The Bertz CT molecular complexity index is 570. The predicted octanol–water partition coefficient (Wildman–Crippen LogP) is 2.94. The second kappa shape index (κ2) is 7.21. The molecule has 0 bridgehead atoms. The van der Waals surface area contributed by atoms with Gasteiger partial charge in [-0.25, -0.2) is 0 Å². The molecule has 2 N–H and O–H groups in total. The van der Waals surface area contributed by atoms with Gasteiger partial charge in [0.05, 0.1) is 10.9 Å². The molecule has 0 aliphatic carbocycles. The fourth-order valence-electron chi connectivity index (χ4n) is 1.51. The Morgan fingerprint density at radius 2 is 2.15 bits per heavy atom. The zero-order valence-corrected chi connectivity index (χ0v) is 12.6. The highest BCUT2D eigenvalue weighted by molar-refractivity contribution is 7.16. The molecule has 0 saturated heterocycles. The summed E-state index contributed by atoms with van der Waals surface area (Å²) in [7, 11) is 0. The van der Waals surface area contributed by atoms with E-state index in [0.717, 1.165) is 17.8 Å². The number of hydrogen-bond donors (Lipinski definition) is 2. The average molecular weight is 311 g/mol. The number of nitrogens with one attached hydrogen (secondary N) is 2. The van der Waals surface area contributed by atoms with Crippen LogP contribution in [0.25, 0.3) is 0 Å². The second-order valence-corrected chi connectivity index (χ2v) is 5.92. The van der Waals surface area contributed by atoms with Crippen molar-refractivity contribution in [2.45, 2.75) is 19.9 Å². The van der Waals surface area contributed by atoms with Crippen LogP contribution in [0.2, 0.25) is 4.34 Å². The molecule has 2 aromatic heterocycles. The molecule has 0 saturated carbocycles. The lowest BCUT2D eigenvalue weighted by molar-refractivity contribution is 0.0945. The van der Waals surface area contributed by atoms with Crippen LogP contribution in [-0.4, -0.2) is 22.6 Å². The van der Waals surface area contributed by atoms with E-state index in [9.17, 15) is 4.79 Å². The molecule has 106 valence electrons. The van der Waals surface area contributed by atoms with Crippen LogP contribution in [-0.2, 0) is 6.54 Å². The fraction of sp³-hybridized carbons (Fsp3) is 0.308. The summed E-state index contributed by atoms with van der Waals surface area (Å²) in [6.07, 6.45) is 1.01. The molecule has 1 amide bonds. The second-order valence-electron chi connectivity index (χ2n) is 4.12. The van der Waals surface area contributed by atoms with Gasteiger partial charge in [-0.1, -0.05) is 18.5 Å². The van der Waals surface area contributed by atoms with Crippen molar-refractivity contribution in [1.82, 2.24) is 15.5 Å². The van der Waals surface area contributed by atoms with Gasteiger partial charge in [-0.15, -0.1) is 21.5 Å². The molecule has 0 unspecified atom stereocenters. The van der Waals surface area contributed by atoms with E-state index in [1.165, 1.54) is 11.3 Å². The Morgan fingerprint density at radius 3 is 2.75 bits per heavy atom. The van der Waals surface area contributed by atoms with Crippen molar-refractivity contribution in [3.8, 4) is 0 Å². The predicted molar refractivity (Wildman–Crippen MR) is 81.3 cm³/mol. The lowest BCUT2D eigenvalue weighted by Crippen LogP contribution is -2.23. The number of nitrogens with zero attached hydrogens (tertiary/aromatic N) is 2. The molecular formula is C13H15ClN4OS. The Morgan fingerprint density at radius 1 is 1.30 bits per heavy atom. The number of amides is 1. The average Bonchev–Trinajstić information content (AvgIpc) is 2.89. The van der Waals surface area contributed by atoms with Gasteiger partial charge in [-0.2, -0.15) is 0 Å². The molecule has 5 nitrogen and oxygen atoms in total. The monoisotopic (exact) mass is 310 g/mol. The SMILES string of the molecule is CCCNc1ccc(C(=O)NCc2ccc(Cl)s2)nn1. The number of hydrogen-bond acceptors (Lipinski definition) is 5. The summed E-state index contributed by atoms with van der Waals surface area (Å²) in [5.41, 5.74) is 0.301. The highest BCUT2D eigenvalue weighted by Crippen LogP contribution is 2.21. The summed E-state index contributed by atoms with van der Waals surface area (Å²) in [6, 6.07) is 7.10. The highest BCUT2D eigenvalue weighted by atomic mass is 35.5. The summed E-state index contributed by atoms with van der Waals surface area (Å²) in [5.74, 6) is 0.428. The quantitative estimate of drug-likeness (QED) is 0.861. The van der Waals surface area contributed by atoms with Gasteiger partial charge in [0.15, 0.2) is 5.69 Å². The maximum Gasteiger partial charge on any atom is 0.272 e. The molecule has 0 fully saturated rings. The van der Waals surface area contributed by atoms with E-state index in [0.29, 0.717) is 22.4 Å². The number of carbonyl (C=O) groups is 1. The van der Waals surface area contributed by atoms with Gasteiger partial charge in [-0.05, 0) is 30.7 Å². The first-order valence-corrected chi connectivity index (χ1v) is 7.48. The van der Waals surface area contributed by atoms with E-state index in [1.807, 2.05) is 12.1 Å². The first-order chi connectivity index (χ1) is 9.69. The molecule has 0 spiro atoms. The number of rotatable bonds is 6. The van der Waals surface area contributed by atoms with Gasteiger partial charge in [0, 0.05) is 11.4 Å². The minimum absolute atomic E-state index is 0.246. The molecule has 7 heteroatoms. The van der Waals surface area contributed by atoms with Gasteiger partial charge >= 0.3 is 0 Å². The molecule has 0 aliphatic heterocycles. The van der Waals surface area contributed by atoms with E-state index in [4.69, 9.17) is 11.6 Å². The number of halogens is 1. The van der Waals surface area contributed by atoms with Gasteiger partial charge in [0.1, 0.15) is 5.82 Å². The third-order valence-corrected chi connectivity index (χ3v) is 3.74. The molecule has 0 aliphatic rings. The molecule has 2 aromatic rings. The lowest BCUT2D eigenvalue weighted by atomic mass is 10.3. The van der Waals surface area contributed by atoms with Gasteiger partial charge < -0.3 is 10.6 Å². The van der Waals surface area contributed by atoms with Crippen LogP contribution in [0.1, 0.15) is 28.7 Å². The molecule has 0 atom stereocenters. The first-order valence-electron chi connectivity index (χ1n) is 6.29. The minimum atomic E-state index is -0.246. The third kappa shape index (κ3) is 4.18. The van der Waals surface area contributed by atoms with E-state index >= 15 is 0 Å². The van der Waals surface area contributed by atoms with Crippen LogP contribution in [0.5, 0.6) is 0 Å². The van der Waals surface area contributed by atoms with Gasteiger partial charge in [0.25, 0.3) is 5.91 Å². The van der Waals surface area contributed by atoms with Crippen molar-refractivity contribution in [1.29, 1.82) is 0 Å². The molecular weight excluding hydrogens is 296 g/mol. The Hall–Kier alpha value is -1.66. The Kier molecular flexibility index (Phi) is 5.31. The van der Waals surface area contributed by atoms with E-state index in [1.54, 1.807) is 12.1 Å². The van der Waals surface area contributed by atoms with Crippen LogP contribution in [0.3, 0.4) is 0 Å². The molecule has 2 rings (SSSR count). The standard InChI is InChI=1S/C13H15ClN4OS/c1-2-7-15-12-6-4-10(17-18-12)13(19)16-8-9-3-5-11(14)20-9/h3-6H,2,7-8H2,1H3,(H,15,18)(H,16,19).